The Bertz CT molecular complexity index is 1290. The number of hydrogen-bond acceptors (Lipinski definition) is 6. The van der Waals surface area contributed by atoms with Crippen LogP contribution in [0.3, 0.4) is 0 Å². The predicted octanol–water partition coefficient (Wildman–Crippen LogP) is 3.71. The number of carbonyl (C=O) groups is 4. The number of amides is 4. The molecule has 0 spiro atoms. The van der Waals surface area contributed by atoms with Crippen LogP contribution in [0.4, 0.5) is 10.5 Å². The highest BCUT2D eigenvalue weighted by molar-refractivity contribution is 7.99. The third-order valence-electron chi connectivity index (χ3n) is 5.44. The van der Waals surface area contributed by atoms with E-state index in [2.05, 4.69) is 16.0 Å². The van der Waals surface area contributed by atoms with Crippen LogP contribution in [0.5, 0.6) is 0 Å². The van der Waals surface area contributed by atoms with Crippen molar-refractivity contribution in [2.45, 2.75) is 30.4 Å². The zero-order valence-electron chi connectivity index (χ0n) is 18.6. The molecule has 34 heavy (non-hydrogen) atoms. The molecule has 0 radical (unpaired) electrons. The quantitative estimate of drug-likeness (QED) is 0.272. The maximum Gasteiger partial charge on any atom is 0.340 e. The van der Waals surface area contributed by atoms with Crippen LogP contribution in [-0.2, 0) is 14.3 Å². The monoisotopic (exact) mass is 477 g/mol. The molecule has 9 heteroatoms. The number of anilines is 1. The van der Waals surface area contributed by atoms with Gasteiger partial charge in [0.15, 0.2) is 6.10 Å². The summed E-state index contributed by atoms with van der Waals surface area (Å²) < 4.78 is 5.44. The van der Waals surface area contributed by atoms with E-state index in [4.69, 9.17) is 4.74 Å². The minimum Gasteiger partial charge on any atom is -0.449 e. The minimum atomic E-state index is -1.09. The van der Waals surface area contributed by atoms with Crippen LogP contribution in [0.15, 0.2) is 71.6 Å². The number of imide groups is 1. The second-order valence-corrected chi connectivity index (χ2v) is 9.11. The smallest absolute Gasteiger partial charge is 0.340 e. The third-order valence-corrected chi connectivity index (χ3v) is 6.83. The van der Waals surface area contributed by atoms with Crippen molar-refractivity contribution in [2.24, 2.45) is 0 Å². The van der Waals surface area contributed by atoms with Gasteiger partial charge in [-0.1, -0.05) is 48.5 Å². The Morgan fingerprint density at radius 2 is 1.74 bits per heavy atom. The first-order valence-corrected chi connectivity index (χ1v) is 11.6. The molecule has 1 saturated heterocycles. The Balaban J connectivity index is 1.43. The number of thioether (sulfide) groups is 1. The van der Waals surface area contributed by atoms with Crippen molar-refractivity contribution in [3.63, 3.8) is 0 Å². The van der Waals surface area contributed by atoms with Crippen molar-refractivity contribution >= 4 is 52.0 Å². The van der Waals surface area contributed by atoms with Gasteiger partial charge in [-0.15, -0.1) is 11.8 Å². The van der Waals surface area contributed by atoms with Gasteiger partial charge in [-0.3, -0.25) is 14.9 Å². The Labute approximate surface area is 200 Å². The molecule has 3 aromatic carbocycles. The number of hydrogen-bond donors (Lipinski definition) is 3. The lowest BCUT2D eigenvalue weighted by Gasteiger charge is -2.20. The summed E-state index contributed by atoms with van der Waals surface area (Å²) in [5, 5.41) is 9.50. The second-order valence-electron chi connectivity index (χ2n) is 8.09. The van der Waals surface area contributed by atoms with Gasteiger partial charge in [-0.05, 0) is 37.4 Å². The van der Waals surface area contributed by atoms with Crippen molar-refractivity contribution in [3.05, 3.63) is 72.3 Å². The van der Waals surface area contributed by atoms with Gasteiger partial charge in [-0.25, -0.2) is 9.59 Å². The standard InChI is InChI=1S/C25H23N3O5S/c1-15(21(29)26-19-12-7-9-16-8-3-4-10-17(16)19)33-22(30)18-11-5-6-13-20(18)34-14-25(2)23(31)27-24(32)28-25/h3-13,15H,14H2,1-2H3,(H,26,29)(H2,27,28,31,32). The fraction of sp³-hybridized carbons (Fsp3) is 0.200. The van der Waals surface area contributed by atoms with Gasteiger partial charge >= 0.3 is 12.0 Å². The van der Waals surface area contributed by atoms with Crippen LogP contribution in [0.2, 0.25) is 0 Å². The molecule has 3 N–H and O–H groups in total. The van der Waals surface area contributed by atoms with Crippen LogP contribution in [-0.4, -0.2) is 41.2 Å². The molecule has 0 aromatic heterocycles. The summed E-state index contributed by atoms with van der Waals surface area (Å²) in [7, 11) is 0. The molecule has 2 atom stereocenters. The van der Waals surface area contributed by atoms with E-state index in [-0.39, 0.29) is 11.3 Å². The topological polar surface area (TPSA) is 114 Å². The number of benzene rings is 3. The summed E-state index contributed by atoms with van der Waals surface area (Å²) in [4.78, 5) is 49.7. The van der Waals surface area contributed by atoms with E-state index >= 15 is 0 Å². The molecule has 4 amide bonds. The van der Waals surface area contributed by atoms with E-state index in [1.54, 1.807) is 37.3 Å². The lowest BCUT2D eigenvalue weighted by molar-refractivity contribution is -0.124. The van der Waals surface area contributed by atoms with E-state index in [0.29, 0.717) is 10.6 Å². The normalized spacial score (nSPS) is 18.2. The predicted molar refractivity (Wildman–Crippen MR) is 130 cm³/mol. The van der Waals surface area contributed by atoms with Crippen LogP contribution in [0.1, 0.15) is 24.2 Å². The highest BCUT2D eigenvalue weighted by Crippen LogP contribution is 2.28. The number of urea groups is 1. The Morgan fingerprint density at radius 3 is 2.50 bits per heavy atom. The molecule has 8 nitrogen and oxygen atoms in total. The molecule has 0 aliphatic carbocycles. The van der Waals surface area contributed by atoms with Gasteiger partial charge < -0.3 is 15.4 Å². The number of nitrogens with one attached hydrogen (secondary N) is 3. The average Bonchev–Trinajstić information content (AvgIpc) is 3.09. The third kappa shape index (κ3) is 4.89. The summed E-state index contributed by atoms with van der Waals surface area (Å²) in [6, 6.07) is 19.4. The molecular weight excluding hydrogens is 454 g/mol. The van der Waals surface area contributed by atoms with Crippen LogP contribution in [0.25, 0.3) is 10.8 Å². The first-order chi connectivity index (χ1) is 16.3. The number of carbonyl (C=O) groups excluding carboxylic acids is 4. The van der Waals surface area contributed by atoms with Crippen molar-refractivity contribution in [1.82, 2.24) is 10.6 Å². The molecule has 0 saturated carbocycles. The van der Waals surface area contributed by atoms with Crippen LogP contribution < -0.4 is 16.0 Å². The molecule has 1 fully saturated rings. The van der Waals surface area contributed by atoms with E-state index in [1.165, 1.54) is 18.7 Å². The van der Waals surface area contributed by atoms with E-state index in [1.807, 2.05) is 36.4 Å². The molecule has 1 aliphatic heterocycles. The Morgan fingerprint density at radius 1 is 1.03 bits per heavy atom. The molecule has 1 aliphatic rings. The number of fused-ring (bicyclic) bond motifs is 1. The highest BCUT2D eigenvalue weighted by atomic mass is 32.2. The molecule has 2 unspecified atom stereocenters. The molecular formula is C25H23N3O5S. The zero-order chi connectivity index (χ0) is 24.3. The van der Waals surface area contributed by atoms with Gasteiger partial charge in [0.2, 0.25) is 0 Å². The van der Waals surface area contributed by atoms with Crippen molar-refractivity contribution in [2.75, 3.05) is 11.1 Å². The molecule has 3 aromatic rings. The fourth-order valence-corrected chi connectivity index (χ4v) is 4.64. The maximum absolute atomic E-state index is 12.9. The maximum atomic E-state index is 12.9. The van der Waals surface area contributed by atoms with Crippen molar-refractivity contribution < 1.29 is 23.9 Å². The minimum absolute atomic E-state index is 0.214. The highest BCUT2D eigenvalue weighted by Gasteiger charge is 2.42. The van der Waals surface area contributed by atoms with Gasteiger partial charge in [0.1, 0.15) is 5.54 Å². The van der Waals surface area contributed by atoms with Gasteiger partial charge in [0.25, 0.3) is 11.8 Å². The van der Waals surface area contributed by atoms with E-state index in [0.717, 1.165) is 10.8 Å². The molecule has 174 valence electrons. The first-order valence-electron chi connectivity index (χ1n) is 10.6. The molecule has 1 heterocycles. The average molecular weight is 478 g/mol. The first kappa shape index (κ1) is 23.3. The molecule has 4 rings (SSSR count). The lowest BCUT2D eigenvalue weighted by atomic mass is 10.1. The number of esters is 1. The Hall–Kier alpha value is -3.85. The zero-order valence-corrected chi connectivity index (χ0v) is 19.4. The van der Waals surface area contributed by atoms with Gasteiger partial charge in [0.05, 0.1) is 5.56 Å². The van der Waals surface area contributed by atoms with Crippen molar-refractivity contribution in [1.29, 1.82) is 0 Å². The van der Waals surface area contributed by atoms with E-state index < -0.39 is 35.5 Å². The second kappa shape index (κ2) is 9.56. The van der Waals surface area contributed by atoms with Gasteiger partial charge in [-0.2, -0.15) is 0 Å². The summed E-state index contributed by atoms with van der Waals surface area (Å²) in [5.41, 5.74) is -0.192. The summed E-state index contributed by atoms with van der Waals surface area (Å²) in [5.74, 6) is -1.32. The van der Waals surface area contributed by atoms with Gasteiger partial charge in [0, 0.05) is 21.7 Å². The summed E-state index contributed by atoms with van der Waals surface area (Å²) in [6.07, 6.45) is -1.04. The summed E-state index contributed by atoms with van der Waals surface area (Å²) >= 11 is 1.24. The Kier molecular flexibility index (Phi) is 6.56. The SMILES string of the molecule is CC(OC(=O)c1ccccc1SCC1(C)NC(=O)NC1=O)C(=O)Nc1cccc2ccccc12. The fourth-order valence-electron chi connectivity index (χ4n) is 3.51. The molecule has 0 bridgehead atoms. The number of rotatable bonds is 7. The lowest BCUT2D eigenvalue weighted by Crippen LogP contribution is -2.46. The summed E-state index contributed by atoms with van der Waals surface area (Å²) in [6.45, 7) is 3.12. The van der Waals surface area contributed by atoms with Crippen LogP contribution >= 0.6 is 11.8 Å². The van der Waals surface area contributed by atoms with Crippen LogP contribution in [0, 0.1) is 0 Å². The van der Waals surface area contributed by atoms with E-state index in [9.17, 15) is 19.2 Å². The van der Waals surface area contributed by atoms with Crippen molar-refractivity contribution in [3.8, 4) is 0 Å². The number of ether oxygens (including phenoxy) is 1. The largest absolute Gasteiger partial charge is 0.449 e.